The van der Waals surface area contributed by atoms with Crippen LogP contribution in [0.15, 0.2) is 84.2 Å². The van der Waals surface area contributed by atoms with Gasteiger partial charge in [0.05, 0.1) is 0 Å². The molecule has 0 fully saturated rings. The van der Waals surface area contributed by atoms with Gasteiger partial charge < -0.3 is 0 Å². The maximum absolute atomic E-state index is 3.70. The molecule has 0 N–H and O–H groups in total. The molecule has 0 unspecified atom stereocenters. The van der Waals surface area contributed by atoms with Crippen LogP contribution >= 0.6 is 11.8 Å². The van der Waals surface area contributed by atoms with Crippen molar-refractivity contribution in [1.82, 2.24) is 0 Å². The van der Waals surface area contributed by atoms with Gasteiger partial charge in [-0.25, -0.2) is 0 Å². The molecule has 16 heavy (non-hydrogen) atoms. The molecular weight excluding hydrogens is 212 g/mol. The topological polar surface area (TPSA) is 0 Å². The molecule has 0 aliphatic carbocycles. The Morgan fingerprint density at radius 2 is 1.44 bits per heavy atom. The van der Waals surface area contributed by atoms with Gasteiger partial charge >= 0.3 is 0 Å². The van der Waals surface area contributed by atoms with Crippen LogP contribution < -0.4 is 0 Å². The Balaban J connectivity index is 4.73. The van der Waals surface area contributed by atoms with Crippen molar-refractivity contribution in [3.63, 3.8) is 0 Å². The fourth-order valence-electron chi connectivity index (χ4n) is 0.891. The molecule has 0 aliphatic heterocycles. The summed E-state index contributed by atoms with van der Waals surface area (Å²) in [6.07, 6.45) is 17.2. The summed E-state index contributed by atoms with van der Waals surface area (Å²) in [4.78, 5) is 2.29. The first kappa shape index (κ1) is 14.5. The van der Waals surface area contributed by atoms with Crippen LogP contribution in [0.2, 0.25) is 0 Å². The molecule has 0 aromatic heterocycles. The van der Waals surface area contributed by atoms with Crippen molar-refractivity contribution in [3.8, 4) is 0 Å². The smallest absolute Gasteiger partial charge is 0.0122 e. The average Bonchev–Trinajstić information content (AvgIpc) is 2.31. The molecule has 0 rings (SSSR count). The lowest BCUT2D eigenvalue weighted by Crippen LogP contribution is -1.73. The number of hydrogen-bond donors (Lipinski definition) is 0. The molecule has 0 spiro atoms. The van der Waals surface area contributed by atoms with Gasteiger partial charge in [0, 0.05) is 9.81 Å². The van der Waals surface area contributed by atoms with E-state index in [9.17, 15) is 0 Å². The van der Waals surface area contributed by atoms with Gasteiger partial charge in [0.1, 0.15) is 0 Å². The fraction of sp³-hybridized carbons (Fsp3) is 0.0667. The molecule has 0 amide bonds. The normalized spacial score (nSPS) is 13.3. The molecular formula is C15H18S. The van der Waals surface area contributed by atoms with Gasteiger partial charge in [-0.05, 0) is 25.2 Å². The minimum Gasteiger partial charge on any atom is -0.0991 e. The van der Waals surface area contributed by atoms with E-state index in [0.717, 1.165) is 4.91 Å². The van der Waals surface area contributed by atoms with Crippen molar-refractivity contribution >= 4 is 11.8 Å². The highest BCUT2D eigenvalue weighted by atomic mass is 32.2. The third-order valence-electron chi connectivity index (χ3n) is 1.60. The SMILES string of the molecule is C=C/C=C\C(=C/C)SC(/C=C\C=C)=C/C=C. The number of rotatable bonds is 7. The monoisotopic (exact) mass is 230 g/mol. The molecule has 84 valence electrons. The minimum absolute atomic E-state index is 1.12. The third kappa shape index (κ3) is 6.91. The lowest BCUT2D eigenvalue weighted by Gasteiger charge is -2.01. The van der Waals surface area contributed by atoms with Gasteiger partial charge in [-0.1, -0.05) is 68.0 Å². The summed E-state index contributed by atoms with van der Waals surface area (Å²) in [6, 6.07) is 0. The summed E-state index contributed by atoms with van der Waals surface area (Å²) in [5.41, 5.74) is 0. The van der Waals surface area contributed by atoms with E-state index >= 15 is 0 Å². The molecule has 0 saturated carbocycles. The van der Waals surface area contributed by atoms with Crippen LogP contribution in [0.25, 0.3) is 0 Å². The molecule has 1 heteroatoms. The Kier molecular flexibility index (Phi) is 9.14. The minimum atomic E-state index is 1.12. The van der Waals surface area contributed by atoms with Crippen molar-refractivity contribution in [1.29, 1.82) is 0 Å². The number of thioether (sulfide) groups is 1. The van der Waals surface area contributed by atoms with Crippen LogP contribution in [0.4, 0.5) is 0 Å². The van der Waals surface area contributed by atoms with Crippen molar-refractivity contribution in [2.24, 2.45) is 0 Å². The van der Waals surface area contributed by atoms with Crippen molar-refractivity contribution in [3.05, 3.63) is 84.2 Å². The quantitative estimate of drug-likeness (QED) is 0.543. The van der Waals surface area contributed by atoms with Gasteiger partial charge in [0.15, 0.2) is 0 Å². The van der Waals surface area contributed by atoms with E-state index in [4.69, 9.17) is 0 Å². The highest BCUT2D eigenvalue weighted by Crippen LogP contribution is 2.27. The number of hydrogen-bond acceptors (Lipinski definition) is 1. The highest BCUT2D eigenvalue weighted by molar-refractivity contribution is 8.07. The fourth-order valence-corrected chi connectivity index (χ4v) is 1.74. The van der Waals surface area contributed by atoms with E-state index in [2.05, 4.69) is 25.8 Å². The summed E-state index contributed by atoms with van der Waals surface area (Å²) in [7, 11) is 0. The molecule has 0 heterocycles. The molecule has 0 aromatic rings. The van der Waals surface area contributed by atoms with E-state index in [1.807, 2.05) is 37.3 Å². The lowest BCUT2D eigenvalue weighted by molar-refractivity contribution is 1.70. The van der Waals surface area contributed by atoms with Crippen LogP contribution in [-0.4, -0.2) is 0 Å². The lowest BCUT2D eigenvalue weighted by atomic mass is 10.4. The van der Waals surface area contributed by atoms with Crippen LogP contribution in [0.3, 0.4) is 0 Å². The maximum atomic E-state index is 3.70. The summed E-state index contributed by atoms with van der Waals surface area (Å²) < 4.78 is 0. The largest absolute Gasteiger partial charge is 0.0991 e. The van der Waals surface area contributed by atoms with Crippen LogP contribution in [0.1, 0.15) is 6.92 Å². The predicted molar refractivity (Wildman–Crippen MR) is 78.3 cm³/mol. The highest BCUT2D eigenvalue weighted by Gasteiger charge is 1.95. The second-order valence-electron chi connectivity index (χ2n) is 2.79. The molecule has 0 radical (unpaired) electrons. The Morgan fingerprint density at radius 3 is 1.88 bits per heavy atom. The zero-order valence-electron chi connectivity index (χ0n) is 9.73. The molecule has 0 atom stereocenters. The Bertz CT molecular complexity index is 352. The summed E-state index contributed by atoms with van der Waals surface area (Å²) >= 11 is 1.68. The van der Waals surface area contributed by atoms with Gasteiger partial charge in [-0.15, -0.1) is 0 Å². The molecule has 0 saturated heterocycles. The first-order valence-electron chi connectivity index (χ1n) is 5.03. The zero-order chi connectivity index (χ0) is 12.2. The third-order valence-corrected chi connectivity index (χ3v) is 2.71. The Morgan fingerprint density at radius 1 is 0.875 bits per heavy atom. The van der Waals surface area contributed by atoms with Crippen LogP contribution in [0.5, 0.6) is 0 Å². The van der Waals surface area contributed by atoms with Crippen LogP contribution in [-0.2, 0) is 0 Å². The van der Waals surface area contributed by atoms with E-state index in [0.29, 0.717) is 0 Å². The maximum Gasteiger partial charge on any atom is 0.0122 e. The molecule has 0 aromatic carbocycles. The first-order chi connectivity index (χ1) is 7.78. The average molecular weight is 230 g/mol. The van der Waals surface area contributed by atoms with E-state index in [1.165, 1.54) is 4.91 Å². The number of allylic oxidation sites excluding steroid dienone is 9. The van der Waals surface area contributed by atoms with Crippen molar-refractivity contribution in [2.45, 2.75) is 6.92 Å². The zero-order valence-corrected chi connectivity index (χ0v) is 10.5. The summed E-state index contributed by atoms with van der Waals surface area (Å²) in [5.74, 6) is 0. The second kappa shape index (κ2) is 10.1. The Labute approximate surface area is 103 Å². The standard InChI is InChI=1S/C15H18S/c1-5-9-12-14(8-4)16-15(11-7-3)13-10-6-2/h5-13H,1-3H2,4H3/b12-9-,13-10-,14-8+,15-11+. The summed E-state index contributed by atoms with van der Waals surface area (Å²) in [5, 5.41) is 0. The molecule has 0 bridgehead atoms. The van der Waals surface area contributed by atoms with Gasteiger partial charge in [0.25, 0.3) is 0 Å². The van der Waals surface area contributed by atoms with Crippen LogP contribution in [0, 0.1) is 0 Å². The molecule has 0 nitrogen and oxygen atoms in total. The van der Waals surface area contributed by atoms with Crippen molar-refractivity contribution < 1.29 is 0 Å². The first-order valence-corrected chi connectivity index (χ1v) is 5.85. The molecule has 0 aliphatic rings. The van der Waals surface area contributed by atoms with Gasteiger partial charge in [-0.3, -0.25) is 0 Å². The van der Waals surface area contributed by atoms with E-state index < -0.39 is 0 Å². The van der Waals surface area contributed by atoms with Gasteiger partial charge in [-0.2, -0.15) is 0 Å². The Hall–Kier alpha value is -1.47. The van der Waals surface area contributed by atoms with Gasteiger partial charge in [0.2, 0.25) is 0 Å². The van der Waals surface area contributed by atoms with Crippen molar-refractivity contribution in [2.75, 3.05) is 0 Å². The van der Waals surface area contributed by atoms with E-state index in [-0.39, 0.29) is 0 Å². The predicted octanol–water partition coefficient (Wildman–Crippen LogP) is 5.18. The summed E-state index contributed by atoms with van der Waals surface area (Å²) in [6.45, 7) is 13.0. The second-order valence-corrected chi connectivity index (χ2v) is 3.93. The van der Waals surface area contributed by atoms with E-state index in [1.54, 1.807) is 30.0 Å².